The predicted molar refractivity (Wildman–Crippen MR) is 81.9 cm³/mol. The molecule has 0 aliphatic carbocycles. The van der Waals surface area contributed by atoms with Crippen LogP contribution in [0, 0.1) is 0 Å². The first-order chi connectivity index (χ1) is 10.9. The summed E-state index contributed by atoms with van der Waals surface area (Å²) >= 11 is 0. The van der Waals surface area contributed by atoms with Gasteiger partial charge in [0.1, 0.15) is 6.10 Å². The predicted octanol–water partition coefficient (Wildman–Crippen LogP) is 2.23. The summed E-state index contributed by atoms with van der Waals surface area (Å²) in [4.78, 5) is 17.0. The fourth-order valence-corrected chi connectivity index (χ4v) is 3.00. The Morgan fingerprint density at radius 1 is 1.35 bits per heavy atom. The number of benzene rings is 1. The summed E-state index contributed by atoms with van der Waals surface area (Å²) < 4.78 is 16.9. The molecule has 6 nitrogen and oxygen atoms in total. The van der Waals surface area contributed by atoms with E-state index in [9.17, 15) is 4.79 Å². The summed E-state index contributed by atoms with van der Waals surface area (Å²) in [5, 5.41) is 1.85. The van der Waals surface area contributed by atoms with Crippen molar-refractivity contribution >= 4 is 5.97 Å². The van der Waals surface area contributed by atoms with Crippen LogP contribution >= 0.6 is 0 Å². The molecule has 6 heteroatoms. The zero-order valence-electron chi connectivity index (χ0n) is 13.7. The van der Waals surface area contributed by atoms with Gasteiger partial charge in [-0.2, -0.15) is 5.06 Å². The minimum Gasteiger partial charge on any atom is -0.434 e. The van der Waals surface area contributed by atoms with Crippen LogP contribution in [0.25, 0.3) is 0 Å². The van der Waals surface area contributed by atoms with Gasteiger partial charge in [-0.05, 0) is 19.4 Å². The van der Waals surface area contributed by atoms with Crippen LogP contribution in [0.3, 0.4) is 0 Å². The Morgan fingerprint density at radius 2 is 2.09 bits per heavy atom. The number of hydrogen-bond acceptors (Lipinski definition) is 6. The van der Waals surface area contributed by atoms with Gasteiger partial charge in [0.25, 0.3) is 0 Å². The van der Waals surface area contributed by atoms with E-state index in [1.165, 1.54) is 6.92 Å². The van der Waals surface area contributed by atoms with E-state index >= 15 is 0 Å². The third-order valence-electron chi connectivity index (χ3n) is 4.00. The number of nitrogens with zero attached hydrogens (tertiary/aromatic N) is 1. The van der Waals surface area contributed by atoms with Gasteiger partial charge in [0.15, 0.2) is 5.79 Å². The van der Waals surface area contributed by atoms with Crippen molar-refractivity contribution in [3.05, 3.63) is 35.9 Å². The van der Waals surface area contributed by atoms with Crippen molar-refractivity contribution in [2.24, 2.45) is 0 Å². The minimum atomic E-state index is -0.595. The normalized spacial score (nSPS) is 30.5. The van der Waals surface area contributed by atoms with Crippen LogP contribution in [0.15, 0.2) is 30.3 Å². The van der Waals surface area contributed by atoms with Crippen LogP contribution in [0.2, 0.25) is 0 Å². The summed E-state index contributed by atoms with van der Waals surface area (Å²) in [6.07, 6.45) is -0.126. The number of carbonyl (C=O) groups is 1. The summed E-state index contributed by atoms with van der Waals surface area (Å²) in [5.41, 5.74) is 1.12. The molecule has 0 saturated carbocycles. The molecule has 0 amide bonds. The lowest BCUT2D eigenvalue weighted by Crippen LogP contribution is -2.40. The highest BCUT2D eigenvalue weighted by Gasteiger charge is 2.46. The van der Waals surface area contributed by atoms with E-state index in [1.54, 1.807) is 0 Å². The summed E-state index contributed by atoms with van der Waals surface area (Å²) in [7, 11) is 0. The molecule has 2 fully saturated rings. The summed E-state index contributed by atoms with van der Waals surface area (Å²) in [6.45, 7) is 6.28. The van der Waals surface area contributed by atoms with Crippen LogP contribution in [0.5, 0.6) is 0 Å². The number of hydroxylamine groups is 2. The first-order valence-corrected chi connectivity index (χ1v) is 7.89. The van der Waals surface area contributed by atoms with Crippen molar-refractivity contribution in [2.75, 3.05) is 6.61 Å². The van der Waals surface area contributed by atoms with Crippen molar-refractivity contribution in [2.45, 2.75) is 58.0 Å². The van der Waals surface area contributed by atoms with E-state index in [1.807, 2.05) is 49.2 Å². The van der Waals surface area contributed by atoms with E-state index < -0.39 is 12.1 Å². The molecule has 126 valence electrons. The highest BCUT2D eigenvalue weighted by atomic mass is 16.8. The Bertz CT molecular complexity index is 547. The fraction of sp³-hybridized carbons (Fsp3) is 0.588. The summed E-state index contributed by atoms with van der Waals surface area (Å²) in [6, 6.07) is 10.0. The molecular weight excluding hydrogens is 298 g/mol. The first kappa shape index (κ1) is 16.4. The average molecular weight is 321 g/mol. The van der Waals surface area contributed by atoms with E-state index in [4.69, 9.17) is 19.0 Å². The number of hydrogen-bond donors (Lipinski definition) is 0. The largest absolute Gasteiger partial charge is 0.434 e. The lowest BCUT2D eigenvalue weighted by Gasteiger charge is -2.26. The minimum absolute atomic E-state index is 0.0265. The van der Waals surface area contributed by atoms with Crippen LogP contribution in [-0.2, 0) is 30.4 Å². The zero-order chi connectivity index (χ0) is 16.4. The van der Waals surface area contributed by atoms with Crippen molar-refractivity contribution < 1.29 is 23.8 Å². The third kappa shape index (κ3) is 4.09. The van der Waals surface area contributed by atoms with Gasteiger partial charge < -0.3 is 14.2 Å². The maximum absolute atomic E-state index is 11.2. The summed E-state index contributed by atoms with van der Waals surface area (Å²) in [5.74, 6) is -0.943. The van der Waals surface area contributed by atoms with Crippen molar-refractivity contribution in [3.63, 3.8) is 0 Å². The van der Waals surface area contributed by atoms with Crippen LogP contribution < -0.4 is 0 Å². The first-order valence-electron chi connectivity index (χ1n) is 7.89. The maximum Gasteiger partial charge on any atom is 0.304 e. The number of ether oxygens (including phenoxy) is 3. The molecule has 0 aromatic heterocycles. The average Bonchev–Trinajstić information content (AvgIpc) is 3.02. The lowest BCUT2D eigenvalue weighted by molar-refractivity contribution is -0.246. The lowest BCUT2D eigenvalue weighted by atomic mass is 10.1. The molecule has 2 aliphatic rings. The van der Waals surface area contributed by atoms with E-state index in [0.717, 1.165) is 5.56 Å². The van der Waals surface area contributed by atoms with Gasteiger partial charge in [-0.15, -0.1) is 0 Å². The molecule has 0 bridgehead atoms. The number of carbonyl (C=O) groups excluding carboxylic acids is 1. The Hall–Kier alpha value is -1.47. The molecule has 0 unspecified atom stereocenters. The molecule has 2 heterocycles. The zero-order valence-corrected chi connectivity index (χ0v) is 13.7. The molecule has 3 atom stereocenters. The molecule has 2 saturated heterocycles. The van der Waals surface area contributed by atoms with E-state index in [-0.39, 0.29) is 18.1 Å². The Morgan fingerprint density at radius 3 is 2.70 bits per heavy atom. The number of esters is 1. The van der Waals surface area contributed by atoms with E-state index in [2.05, 4.69) is 0 Å². The second-order valence-corrected chi connectivity index (χ2v) is 6.38. The molecule has 0 radical (unpaired) electrons. The van der Waals surface area contributed by atoms with Gasteiger partial charge in [0.2, 0.25) is 6.29 Å². The van der Waals surface area contributed by atoms with Gasteiger partial charge in [-0.1, -0.05) is 30.3 Å². The molecule has 23 heavy (non-hydrogen) atoms. The SMILES string of the molecule is CC(=O)O[C@@H]1C[C@@H]([C@H]2COC(C)(C)O2)N(Cc2ccccc2)O1. The molecular formula is C17H23NO5. The second kappa shape index (κ2) is 6.57. The van der Waals surface area contributed by atoms with Crippen molar-refractivity contribution in [3.8, 4) is 0 Å². The highest BCUT2D eigenvalue weighted by Crippen LogP contribution is 2.33. The van der Waals surface area contributed by atoms with Crippen molar-refractivity contribution in [1.82, 2.24) is 5.06 Å². The van der Waals surface area contributed by atoms with Crippen LogP contribution in [-0.4, -0.2) is 41.9 Å². The quantitative estimate of drug-likeness (QED) is 0.793. The Balaban J connectivity index is 1.72. The van der Waals surface area contributed by atoms with Gasteiger partial charge in [-0.3, -0.25) is 9.63 Å². The van der Waals surface area contributed by atoms with Gasteiger partial charge in [0.05, 0.1) is 12.6 Å². The van der Waals surface area contributed by atoms with Crippen LogP contribution in [0.1, 0.15) is 32.8 Å². The smallest absolute Gasteiger partial charge is 0.304 e. The van der Waals surface area contributed by atoms with Crippen LogP contribution in [0.4, 0.5) is 0 Å². The molecule has 0 N–H and O–H groups in total. The Kier molecular flexibility index (Phi) is 4.68. The van der Waals surface area contributed by atoms with E-state index in [0.29, 0.717) is 19.6 Å². The van der Waals surface area contributed by atoms with Crippen molar-refractivity contribution in [1.29, 1.82) is 0 Å². The standard InChI is InChI=1S/C17H23NO5/c1-12(19)21-16-9-14(15-11-20-17(2,3)22-15)18(23-16)10-13-7-5-4-6-8-13/h4-8,14-16H,9-11H2,1-3H3/t14-,15+,16-/m0/s1. The fourth-order valence-electron chi connectivity index (χ4n) is 3.00. The molecule has 2 aliphatic heterocycles. The second-order valence-electron chi connectivity index (χ2n) is 6.38. The highest BCUT2D eigenvalue weighted by molar-refractivity contribution is 5.66. The maximum atomic E-state index is 11.2. The topological polar surface area (TPSA) is 57.2 Å². The van der Waals surface area contributed by atoms with Gasteiger partial charge in [0, 0.05) is 19.9 Å². The molecule has 3 rings (SSSR count). The Labute approximate surface area is 136 Å². The van der Waals surface area contributed by atoms with Gasteiger partial charge in [-0.25, -0.2) is 0 Å². The van der Waals surface area contributed by atoms with Gasteiger partial charge >= 0.3 is 5.97 Å². The molecule has 0 spiro atoms. The monoisotopic (exact) mass is 321 g/mol. The number of rotatable bonds is 4. The molecule has 1 aromatic carbocycles. The third-order valence-corrected chi connectivity index (χ3v) is 4.00. The molecule has 1 aromatic rings.